The fourth-order valence-electron chi connectivity index (χ4n) is 3.60. The van der Waals surface area contributed by atoms with Crippen LogP contribution in [0.25, 0.3) is 10.9 Å². The van der Waals surface area contributed by atoms with E-state index in [0.29, 0.717) is 0 Å². The van der Waals surface area contributed by atoms with Crippen LogP contribution in [0.4, 0.5) is 0 Å². The molecule has 0 aliphatic carbocycles. The highest BCUT2D eigenvalue weighted by atomic mass is 32.2. The summed E-state index contributed by atoms with van der Waals surface area (Å²) >= 11 is 0. The number of aromatic nitrogens is 1. The number of piperidine rings is 1. The fraction of sp³-hybridized carbons (Fsp3) is 0.364. The molecule has 1 aromatic heterocycles. The molecule has 150 valence electrons. The van der Waals surface area contributed by atoms with Gasteiger partial charge < -0.3 is 10.3 Å². The Morgan fingerprint density at radius 2 is 1.75 bits per heavy atom. The quantitative estimate of drug-likeness (QED) is 0.568. The summed E-state index contributed by atoms with van der Waals surface area (Å²) in [6.07, 6.45) is 5.86. The Morgan fingerprint density at radius 3 is 2.36 bits per heavy atom. The molecule has 28 heavy (non-hydrogen) atoms. The van der Waals surface area contributed by atoms with Crippen molar-refractivity contribution in [3.63, 3.8) is 0 Å². The van der Waals surface area contributed by atoms with Gasteiger partial charge in [0.25, 0.3) is 10.1 Å². The minimum absolute atomic E-state index is 0.0666. The molecule has 2 heterocycles. The van der Waals surface area contributed by atoms with Gasteiger partial charge in [0.15, 0.2) is 0 Å². The summed E-state index contributed by atoms with van der Waals surface area (Å²) < 4.78 is 29.6. The molecular weight excluding hydrogens is 372 g/mol. The zero-order chi connectivity index (χ0) is 20.1. The lowest BCUT2D eigenvalue weighted by atomic mass is 9.90. The molecule has 0 amide bonds. The van der Waals surface area contributed by atoms with Crippen LogP contribution in [0.3, 0.4) is 0 Å². The van der Waals surface area contributed by atoms with E-state index in [1.807, 2.05) is 6.92 Å². The standard InChI is InChI=1S/C15H20N2.C7H8O3S/c1-2-11-3-4-13-14(10-17-15(13)9-11)12-5-7-16-8-6-12;1-6-2-4-7(5-3-6)11(8,9)10/h3-4,9-10,12,16-17H,2,5-8H2,1H3;2-5H,1H3,(H,8,9,10). The number of nitrogens with one attached hydrogen (secondary N) is 2. The van der Waals surface area contributed by atoms with E-state index in [-0.39, 0.29) is 4.90 Å². The predicted molar refractivity (Wildman–Crippen MR) is 114 cm³/mol. The molecule has 0 bridgehead atoms. The molecule has 5 nitrogen and oxygen atoms in total. The minimum atomic E-state index is -4.02. The summed E-state index contributed by atoms with van der Waals surface area (Å²) in [7, 11) is -4.02. The molecule has 3 aromatic rings. The number of aromatic amines is 1. The van der Waals surface area contributed by atoms with Gasteiger partial charge >= 0.3 is 0 Å². The SMILES string of the molecule is CCc1ccc2c(C3CCNCC3)c[nH]c2c1.Cc1ccc(S(=O)(=O)O)cc1. The molecule has 4 rings (SSSR count). The van der Waals surface area contributed by atoms with Gasteiger partial charge in [0, 0.05) is 17.1 Å². The maximum Gasteiger partial charge on any atom is 0.294 e. The molecule has 0 radical (unpaired) electrons. The number of fused-ring (bicyclic) bond motifs is 1. The number of hydrogen-bond donors (Lipinski definition) is 3. The minimum Gasteiger partial charge on any atom is -0.361 e. The smallest absolute Gasteiger partial charge is 0.294 e. The van der Waals surface area contributed by atoms with Crippen LogP contribution in [0.1, 0.15) is 42.4 Å². The Hall–Kier alpha value is -2.15. The van der Waals surface area contributed by atoms with Crippen LogP contribution in [-0.2, 0) is 16.5 Å². The summed E-state index contributed by atoms with van der Waals surface area (Å²) in [5, 5.41) is 4.86. The normalized spacial score (nSPS) is 15.2. The number of benzene rings is 2. The molecule has 1 saturated heterocycles. The van der Waals surface area contributed by atoms with E-state index in [9.17, 15) is 8.42 Å². The first kappa shape index (κ1) is 20.6. The van der Waals surface area contributed by atoms with Crippen molar-refractivity contribution in [3.8, 4) is 0 Å². The lowest BCUT2D eigenvalue weighted by Crippen LogP contribution is -2.26. The maximum absolute atomic E-state index is 10.5. The molecule has 6 heteroatoms. The maximum atomic E-state index is 10.5. The lowest BCUT2D eigenvalue weighted by Gasteiger charge is -2.22. The van der Waals surface area contributed by atoms with Gasteiger partial charge in [0.05, 0.1) is 4.90 Å². The molecule has 2 aromatic carbocycles. The van der Waals surface area contributed by atoms with Crippen LogP contribution in [0.2, 0.25) is 0 Å². The molecular formula is C22H28N2O3S. The Morgan fingerprint density at radius 1 is 1.07 bits per heavy atom. The first-order chi connectivity index (χ1) is 13.4. The summed E-state index contributed by atoms with van der Waals surface area (Å²) in [5.41, 5.74) is 5.19. The summed E-state index contributed by atoms with van der Waals surface area (Å²) in [4.78, 5) is 3.37. The number of rotatable bonds is 3. The molecule has 1 aliphatic heterocycles. The Balaban J connectivity index is 0.000000178. The van der Waals surface area contributed by atoms with Crippen molar-refractivity contribution in [3.05, 3.63) is 65.4 Å². The second kappa shape index (κ2) is 8.90. The Kier molecular flexibility index (Phi) is 6.54. The third-order valence-corrected chi connectivity index (χ3v) is 6.15. The summed E-state index contributed by atoms with van der Waals surface area (Å²) in [6.45, 7) is 6.36. The van der Waals surface area contributed by atoms with Crippen molar-refractivity contribution in [2.75, 3.05) is 13.1 Å². The third kappa shape index (κ3) is 5.01. The zero-order valence-electron chi connectivity index (χ0n) is 16.4. The molecule has 1 aliphatic rings. The van der Waals surface area contributed by atoms with Crippen molar-refractivity contribution < 1.29 is 13.0 Å². The largest absolute Gasteiger partial charge is 0.361 e. The molecule has 0 atom stereocenters. The second-order valence-electron chi connectivity index (χ2n) is 7.29. The van der Waals surface area contributed by atoms with Crippen LogP contribution < -0.4 is 5.32 Å². The van der Waals surface area contributed by atoms with Gasteiger partial charge in [-0.3, -0.25) is 4.55 Å². The fourth-order valence-corrected chi connectivity index (χ4v) is 4.08. The van der Waals surface area contributed by atoms with E-state index < -0.39 is 10.1 Å². The van der Waals surface area contributed by atoms with Crippen molar-refractivity contribution in [2.24, 2.45) is 0 Å². The summed E-state index contributed by atoms with van der Waals surface area (Å²) in [6, 6.07) is 12.8. The Bertz CT molecular complexity index is 1020. The van der Waals surface area contributed by atoms with Gasteiger partial charge in [-0.1, -0.05) is 36.8 Å². The number of aryl methyl sites for hydroxylation is 2. The zero-order valence-corrected chi connectivity index (χ0v) is 17.2. The topological polar surface area (TPSA) is 82.2 Å². The first-order valence-electron chi connectivity index (χ1n) is 9.73. The summed E-state index contributed by atoms with van der Waals surface area (Å²) in [5.74, 6) is 0.734. The van der Waals surface area contributed by atoms with E-state index in [2.05, 4.69) is 41.6 Å². The molecule has 3 N–H and O–H groups in total. The molecule has 0 unspecified atom stereocenters. The van der Waals surface area contributed by atoms with E-state index in [0.717, 1.165) is 31.0 Å². The Labute approximate surface area is 166 Å². The number of hydrogen-bond acceptors (Lipinski definition) is 3. The van der Waals surface area contributed by atoms with E-state index in [1.165, 1.54) is 47.0 Å². The van der Waals surface area contributed by atoms with Gasteiger partial charge in [-0.25, -0.2) is 0 Å². The van der Waals surface area contributed by atoms with Crippen LogP contribution in [-0.4, -0.2) is 31.0 Å². The average molecular weight is 401 g/mol. The van der Waals surface area contributed by atoms with Crippen molar-refractivity contribution >= 4 is 21.0 Å². The average Bonchev–Trinajstić information content (AvgIpc) is 3.12. The highest BCUT2D eigenvalue weighted by Crippen LogP contribution is 2.31. The predicted octanol–water partition coefficient (Wildman–Crippen LogP) is 4.44. The highest BCUT2D eigenvalue weighted by molar-refractivity contribution is 7.85. The van der Waals surface area contributed by atoms with E-state index in [4.69, 9.17) is 4.55 Å². The van der Waals surface area contributed by atoms with Gasteiger partial charge in [-0.05, 0) is 74.5 Å². The number of H-pyrrole nitrogens is 1. The van der Waals surface area contributed by atoms with E-state index in [1.54, 1.807) is 12.1 Å². The van der Waals surface area contributed by atoms with Crippen molar-refractivity contribution in [1.82, 2.24) is 10.3 Å². The van der Waals surface area contributed by atoms with Gasteiger partial charge in [0.2, 0.25) is 0 Å². The van der Waals surface area contributed by atoms with Crippen molar-refractivity contribution in [2.45, 2.75) is 43.9 Å². The molecule has 0 saturated carbocycles. The van der Waals surface area contributed by atoms with Crippen LogP contribution in [0, 0.1) is 6.92 Å². The van der Waals surface area contributed by atoms with E-state index >= 15 is 0 Å². The first-order valence-corrected chi connectivity index (χ1v) is 11.2. The third-order valence-electron chi connectivity index (χ3n) is 5.28. The molecule has 0 spiro atoms. The highest BCUT2D eigenvalue weighted by Gasteiger charge is 2.18. The monoisotopic (exact) mass is 400 g/mol. The van der Waals surface area contributed by atoms with Crippen LogP contribution in [0.5, 0.6) is 0 Å². The van der Waals surface area contributed by atoms with Crippen LogP contribution >= 0.6 is 0 Å². The lowest BCUT2D eigenvalue weighted by molar-refractivity contribution is 0.462. The second-order valence-corrected chi connectivity index (χ2v) is 8.71. The van der Waals surface area contributed by atoms with Gasteiger partial charge in [-0.15, -0.1) is 0 Å². The van der Waals surface area contributed by atoms with Crippen LogP contribution in [0.15, 0.2) is 53.6 Å². The van der Waals surface area contributed by atoms with Crippen molar-refractivity contribution in [1.29, 1.82) is 0 Å². The molecule has 1 fully saturated rings. The van der Waals surface area contributed by atoms with Gasteiger partial charge in [-0.2, -0.15) is 8.42 Å². The van der Waals surface area contributed by atoms with Gasteiger partial charge in [0.1, 0.15) is 0 Å².